The van der Waals surface area contributed by atoms with Gasteiger partial charge in [0.1, 0.15) is 26.2 Å². The van der Waals surface area contributed by atoms with E-state index in [9.17, 15) is 14.4 Å². The van der Waals surface area contributed by atoms with E-state index in [0.29, 0.717) is 30.9 Å². The Balaban J connectivity index is 1.25. The summed E-state index contributed by atoms with van der Waals surface area (Å²) < 4.78 is 11.6. The second-order valence-electron chi connectivity index (χ2n) is 9.60. The number of ether oxygens (including phenoxy) is 2. The van der Waals surface area contributed by atoms with Gasteiger partial charge in [-0.15, -0.1) is 0 Å². The van der Waals surface area contributed by atoms with Gasteiger partial charge in [0.25, 0.3) is 5.91 Å². The minimum Gasteiger partial charge on any atom is -0.489 e. The first-order valence-electron chi connectivity index (χ1n) is 12.2. The number of amides is 3. The molecule has 3 heterocycles. The molecule has 8 nitrogen and oxygen atoms in total. The van der Waals surface area contributed by atoms with Crippen LogP contribution < -0.4 is 4.74 Å². The van der Waals surface area contributed by atoms with Crippen molar-refractivity contribution in [2.45, 2.75) is 38.0 Å². The van der Waals surface area contributed by atoms with Gasteiger partial charge in [-0.25, -0.2) is 0 Å². The number of carbonyl (C=O) groups excluding carboxylic acids is 3. The molecular weight excluding hydrogens is 444 g/mol. The van der Waals surface area contributed by atoms with Gasteiger partial charge in [-0.3, -0.25) is 19.3 Å². The molecule has 2 aromatic rings. The van der Waals surface area contributed by atoms with E-state index >= 15 is 0 Å². The maximum absolute atomic E-state index is 13.2. The minimum absolute atomic E-state index is 0.189. The Bertz CT molecular complexity index is 1140. The predicted molar refractivity (Wildman–Crippen MR) is 134 cm³/mol. The molecule has 3 aliphatic rings. The third-order valence-electron chi connectivity index (χ3n) is 7.20. The van der Waals surface area contributed by atoms with Gasteiger partial charge in [0.2, 0.25) is 19.8 Å². The fourth-order valence-corrected chi connectivity index (χ4v) is 5.09. The largest absolute Gasteiger partial charge is 0.489 e. The Hall–Kier alpha value is -3.10. The van der Waals surface area contributed by atoms with Crippen LogP contribution in [0.2, 0.25) is 5.82 Å². The number of nitrogens with zero attached hydrogens (tertiary/aromatic N) is 3. The van der Waals surface area contributed by atoms with Crippen molar-refractivity contribution >= 4 is 33.5 Å². The number of rotatable bonds is 6. The van der Waals surface area contributed by atoms with E-state index in [1.54, 1.807) is 18.8 Å². The predicted octanol–water partition coefficient (Wildman–Crippen LogP) is 0.151. The maximum Gasteiger partial charge on any atom is 0.255 e. The SMILES string of the molecule is BC1CC(N2Cc3c(OCc4ccc(CN5CCOCC5)cc4)cccc3C2=O)C(=O)N(B)C1=O. The Morgan fingerprint density at radius 3 is 2.43 bits per heavy atom. The fraction of sp³-hybridized carbons (Fsp3) is 0.400. The topological polar surface area (TPSA) is 79.4 Å². The van der Waals surface area contributed by atoms with Gasteiger partial charge in [0.05, 0.1) is 19.8 Å². The molecule has 3 aliphatic heterocycles. The average Bonchev–Trinajstić information content (AvgIpc) is 3.22. The second kappa shape index (κ2) is 9.87. The molecule has 5 rings (SSSR count). The number of hydrogen-bond acceptors (Lipinski definition) is 6. The summed E-state index contributed by atoms with van der Waals surface area (Å²) in [6.07, 6.45) is 0.342. The lowest BCUT2D eigenvalue weighted by molar-refractivity contribution is -0.145. The summed E-state index contributed by atoms with van der Waals surface area (Å²) in [6, 6.07) is 13.2. The zero-order valence-corrected chi connectivity index (χ0v) is 20.2. The molecule has 2 aromatic carbocycles. The quantitative estimate of drug-likeness (QED) is 0.440. The van der Waals surface area contributed by atoms with Gasteiger partial charge in [-0.1, -0.05) is 30.3 Å². The Morgan fingerprint density at radius 2 is 1.69 bits per heavy atom. The summed E-state index contributed by atoms with van der Waals surface area (Å²) in [5.74, 6) is -0.367. The maximum atomic E-state index is 13.2. The molecule has 3 amide bonds. The van der Waals surface area contributed by atoms with Crippen molar-refractivity contribution in [3.8, 4) is 5.75 Å². The van der Waals surface area contributed by atoms with Gasteiger partial charge in [0, 0.05) is 36.6 Å². The van der Waals surface area contributed by atoms with Crippen LogP contribution in [0.1, 0.15) is 33.5 Å². The van der Waals surface area contributed by atoms with E-state index in [0.717, 1.165) is 48.8 Å². The second-order valence-corrected chi connectivity index (χ2v) is 9.60. The third kappa shape index (κ3) is 4.73. The number of morpholine rings is 1. The van der Waals surface area contributed by atoms with Crippen molar-refractivity contribution in [2.75, 3.05) is 26.3 Å². The first-order valence-corrected chi connectivity index (χ1v) is 12.2. The highest BCUT2D eigenvalue weighted by molar-refractivity contribution is 6.35. The lowest BCUT2D eigenvalue weighted by Gasteiger charge is -2.37. The van der Waals surface area contributed by atoms with Crippen LogP contribution in [0, 0.1) is 0 Å². The van der Waals surface area contributed by atoms with Crippen LogP contribution in [0.25, 0.3) is 0 Å². The Labute approximate surface area is 207 Å². The molecule has 180 valence electrons. The molecule has 35 heavy (non-hydrogen) atoms. The van der Waals surface area contributed by atoms with Gasteiger partial charge >= 0.3 is 0 Å². The van der Waals surface area contributed by atoms with Crippen molar-refractivity contribution in [2.24, 2.45) is 0 Å². The Kier molecular flexibility index (Phi) is 6.67. The average molecular weight is 473 g/mol. The molecule has 2 atom stereocenters. The molecule has 10 heteroatoms. The van der Waals surface area contributed by atoms with Crippen LogP contribution in [0.4, 0.5) is 0 Å². The van der Waals surface area contributed by atoms with Crippen LogP contribution in [0.3, 0.4) is 0 Å². The lowest BCUT2D eigenvalue weighted by Crippen LogP contribution is -2.55. The number of fused-ring (bicyclic) bond motifs is 1. The third-order valence-corrected chi connectivity index (χ3v) is 7.20. The molecule has 0 saturated carbocycles. The molecule has 0 bridgehead atoms. The van der Waals surface area contributed by atoms with E-state index in [-0.39, 0.29) is 23.5 Å². The van der Waals surface area contributed by atoms with Crippen LogP contribution in [-0.4, -0.2) is 80.5 Å². The molecular formula is C25H29B2N3O5. The number of piperidine rings is 1. The van der Waals surface area contributed by atoms with Crippen LogP contribution in [-0.2, 0) is 34.0 Å². The van der Waals surface area contributed by atoms with E-state index < -0.39 is 6.04 Å². The number of hydrogen-bond donors (Lipinski definition) is 0. The summed E-state index contributed by atoms with van der Waals surface area (Å²) in [5.41, 5.74) is 3.66. The molecule has 2 unspecified atom stereocenters. The molecule has 2 saturated heterocycles. The minimum atomic E-state index is -0.639. The fourth-order valence-electron chi connectivity index (χ4n) is 5.09. The normalized spacial score (nSPS) is 23.0. The van der Waals surface area contributed by atoms with E-state index in [4.69, 9.17) is 9.47 Å². The summed E-state index contributed by atoms with van der Waals surface area (Å²) in [7, 11) is 3.29. The zero-order valence-electron chi connectivity index (χ0n) is 20.2. The molecule has 0 N–H and O–H groups in total. The summed E-state index contributed by atoms with van der Waals surface area (Å²) in [6.45, 7) is 5.09. The first kappa shape index (κ1) is 23.6. The van der Waals surface area contributed by atoms with Crippen molar-refractivity contribution in [3.63, 3.8) is 0 Å². The van der Waals surface area contributed by atoms with Crippen molar-refractivity contribution in [1.82, 2.24) is 14.6 Å². The molecule has 2 fully saturated rings. The van der Waals surface area contributed by atoms with E-state index in [1.165, 1.54) is 13.5 Å². The summed E-state index contributed by atoms with van der Waals surface area (Å²) in [4.78, 5) is 43.2. The van der Waals surface area contributed by atoms with E-state index in [1.807, 2.05) is 12.1 Å². The van der Waals surface area contributed by atoms with Crippen LogP contribution >= 0.6 is 0 Å². The Morgan fingerprint density at radius 1 is 0.971 bits per heavy atom. The molecule has 0 aliphatic carbocycles. The van der Waals surface area contributed by atoms with Gasteiger partial charge in [-0.2, -0.15) is 0 Å². The van der Waals surface area contributed by atoms with E-state index in [2.05, 4.69) is 29.2 Å². The molecule has 0 radical (unpaired) electrons. The van der Waals surface area contributed by atoms with Crippen LogP contribution in [0.5, 0.6) is 5.75 Å². The smallest absolute Gasteiger partial charge is 0.255 e. The highest BCUT2D eigenvalue weighted by atomic mass is 16.5. The highest BCUT2D eigenvalue weighted by Gasteiger charge is 2.44. The standard InChI is InChI=1S/C25H29B2N3O5/c26-20-12-21(25(33)30(27)24(20)32)29-14-19-18(23(29)31)2-1-3-22(19)35-15-17-6-4-16(5-7-17)13-28-8-10-34-11-9-28/h1-7,20-21H,8-15,26-27H2. The van der Waals surface area contributed by atoms with Crippen molar-refractivity contribution < 1.29 is 23.9 Å². The zero-order chi connectivity index (χ0) is 24.5. The number of benzene rings is 2. The first-order chi connectivity index (χ1) is 16.9. The van der Waals surface area contributed by atoms with Gasteiger partial charge < -0.3 is 19.2 Å². The monoisotopic (exact) mass is 473 g/mol. The van der Waals surface area contributed by atoms with Crippen molar-refractivity contribution in [3.05, 3.63) is 64.7 Å². The van der Waals surface area contributed by atoms with Crippen LogP contribution in [0.15, 0.2) is 42.5 Å². The summed E-state index contributed by atoms with van der Waals surface area (Å²) >= 11 is 0. The number of carbonyl (C=O) groups is 3. The molecule has 0 aromatic heterocycles. The van der Waals surface area contributed by atoms with Gasteiger partial charge in [0.15, 0.2) is 0 Å². The lowest BCUT2D eigenvalue weighted by atomic mass is 9.76. The summed E-state index contributed by atoms with van der Waals surface area (Å²) in [5, 5.41) is 0. The highest BCUT2D eigenvalue weighted by Crippen LogP contribution is 2.35. The van der Waals surface area contributed by atoms with Gasteiger partial charge in [-0.05, 0) is 29.7 Å². The van der Waals surface area contributed by atoms with Crippen molar-refractivity contribution in [1.29, 1.82) is 0 Å². The molecule has 0 spiro atoms. The number of imide groups is 1.